The Bertz CT molecular complexity index is 811. The number of amides is 1. The van der Waals surface area contributed by atoms with Gasteiger partial charge in [0.15, 0.2) is 11.5 Å². The SMILES string of the molecule is NCc1ccc(C(=O)NCC2(c3ccc4c(c3)OCO4)CCCCC2)cc1. The number of fused-ring (bicyclic) bond motifs is 1. The summed E-state index contributed by atoms with van der Waals surface area (Å²) in [6.07, 6.45) is 5.74. The zero-order valence-electron chi connectivity index (χ0n) is 15.5. The van der Waals surface area contributed by atoms with Crippen LogP contribution in [0, 0.1) is 0 Å². The first-order valence-electron chi connectivity index (χ1n) is 9.68. The van der Waals surface area contributed by atoms with Gasteiger partial charge in [0.1, 0.15) is 0 Å². The van der Waals surface area contributed by atoms with E-state index < -0.39 is 0 Å². The van der Waals surface area contributed by atoms with Gasteiger partial charge in [0.05, 0.1) is 0 Å². The van der Waals surface area contributed by atoms with Gasteiger partial charge in [-0.3, -0.25) is 4.79 Å². The van der Waals surface area contributed by atoms with Crippen molar-refractivity contribution < 1.29 is 14.3 Å². The standard InChI is InChI=1S/C22H26N2O3/c23-13-16-4-6-17(7-5-16)21(25)24-14-22(10-2-1-3-11-22)18-8-9-19-20(12-18)27-15-26-19/h4-9,12H,1-3,10-11,13-15,23H2,(H,24,25). The lowest BCUT2D eigenvalue weighted by Crippen LogP contribution is -2.42. The van der Waals surface area contributed by atoms with Crippen LogP contribution in [0.15, 0.2) is 42.5 Å². The molecule has 4 rings (SSSR count). The number of hydrogen-bond donors (Lipinski definition) is 2. The van der Waals surface area contributed by atoms with Gasteiger partial charge in [-0.1, -0.05) is 37.5 Å². The Labute approximate surface area is 159 Å². The molecule has 0 unspecified atom stereocenters. The highest BCUT2D eigenvalue weighted by molar-refractivity contribution is 5.94. The van der Waals surface area contributed by atoms with Crippen molar-refractivity contribution in [1.82, 2.24) is 5.32 Å². The van der Waals surface area contributed by atoms with Crippen LogP contribution in [0.2, 0.25) is 0 Å². The molecule has 0 bridgehead atoms. The van der Waals surface area contributed by atoms with Crippen molar-refractivity contribution in [3.8, 4) is 11.5 Å². The minimum absolute atomic E-state index is 0.0377. The van der Waals surface area contributed by atoms with E-state index in [4.69, 9.17) is 15.2 Å². The van der Waals surface area contributed by atoms with E-state index >= 15 is 0 Å². The Morgan fingerprint density at radius 2 is 1.74 bits per heavy atom. The molecule has 0 atom stereocenters. The second kappa shape index (κ2) is 7.61. The summed E-state index contributed by atoms with van der Waals surface area (Å²) in [5.41, 5.74) is 8.50. The molecule has 5 heteroatoms. The van der Waals surface area contributed by atoms with Crippen molar-refractivity contribution in [2.45, 2.75) is 44.1 Å². The highest BCUT2D eigenvalue weighted by Gasteiger charge is 2.35. The number of ether oxygens (including phenoxy) is 2. The van der Waals surface area contributed by atoms with Crippen LogP contribution in [0.3, 0.4) is 0 Å². The van der Waals surface area contributed by atoms with Gasteiger partial charge in [-0.25, -0.2) is 0 Å². The van der Waals surface area contributed by atoms with Gasteiger partial charge in [-0.2, -0.15) is 0 Å². The van der Waals surface area contributed by atoms with Gasteiger partial charge < -0.3 is 20.5 Å². The molecular formula is C22H26N2O3. The van der Waals surface area contributed by atoms with E-state index in [2.05, 4.69) is 17.4 Å². The van der Waals surface area contributed by atoms with Crippen LogP contribution in [0.5, 0.6) is 11.5 Å². The van der Waals surface area contributed by atoms with Gasteiger partial charge in [-0.15, -0.1) is 0 Å². The number of nitrogens with two attached hydrogens (primary N) is 1. The minimum Gasteiger partial charge on any atom is -0.454 e. The number of nitrogens with one attached hydrogen (secondary N) is 1. The van der Waals surface area contributed by atoms with Crippen molar-refractivity contribution >= 4 is 5.91 Å². The Kier molecular flexibility index (Phi) is 5.03. The molecule has 3 N–H and O–H groups in total. The van der Waals surface area contributed by atoms with Gasteiger partial charge in [-0.05, 0) is 48.2 Å². The largest absolute Gasteiger partial charge is 0.454 e. The normalized spacial score (nSPS) is 17.5. The average Bonchev–Trinajstić information content (AvgIpc) is 3.21. The van der Waals surface area contributed by atoms with Gasteiger partial charge in [0, 0.05) is 24.1 Å². The topological polar surface area (TPSA) is 73.6 Å². The fourth-order valence-corrected chi connectivity index (χ4v) is 4.17. The van der Waals surface area contributed by atoms with Crippen LogP contribution in [0.25, 0.3) is 0 Å². The monoisotopic (exact) mass is 366 g/mol. The molecule has 0 saturated heterocycles. The smallest absolute Gasteiger partial charge is 0.251 e. The fraction of sp³-hybridized carbons (Fsp3) is 0.409. The summed E-state index contributed by atoms with van der Waals surface area (Å²) in [6, 6.07) is 13.7. The third-order valence-corrected chi connectivity index (χ3v) is 5.83. The average molecular weight is 366 g/mol. The predicted octanol–water partition coefficient (Wildman–Crippen LogP) is 3.51. The van der Waals surface area contributed by atoms with Crippen molar-refractivity contribution in [2.75, 3.05) is 13.3 Å². The summed E-state index contributed by atoms with van der Waals surface area (Å²) in [4.78, 5) is 12.7. The van der Waals surface area contributed by atoms with E-state index in [1.165, 1.54) is 24.8 Å². The molecule has 2 aliphatic rings. The summed E-state index contributed by atoms with van der Waals surface area (Å²) in [7, 11) is 0. The molecule has 0 radical (unpaired) electrons. The van der Waals surface area contributed by atoms with Crippen LogP contribution in [0.4, 0.5) is 0 Å². The summed E-state index contributed by atoms with van der Waals surface area (Å²) in [5, 5.41) is 3.17. The van der Waals surface area contributed by atoms with Gasteiger partial charge >= 0.3 is 0 Å². The van der Waals surface area contributed by atoms with E-state index in [-0.39, 0.29) is 18.1 Å². The molecule has 0 aromatic heterocycles. The van der Waals surface area contributed by atoms with Crippen LogP contribution < -0.4 is 20.5 Å². The van der Waals surface area contributed by atoms with E-state index in [9.17, 15) is 4.79 Å². The first-order chi connectivity index (χ1) is 13.2. The maximum atomic E-state index is 12.7. The summed E-state index contributed by atoms with van der Waals surface area (Å²) < 4.78 is 11.0. The van der Waals surface area contributed by atoms with E-state index in [0.29, 0.717) is 18.7 Å². The number of carbonyl (C=O) groups excluding carboxylic acids is 1. The third-order valence-electron chi connectivity index (χ3n) is 5.83. The molecule has 5 nitrogen and oxygen atoms in total. The second-order valence-corrected chi connectivity index (χ2v) is 7.49. The molecule has 1 aliphatic carbocycles. The lowest BCUT2D eigenvalue weighted by molar-refractivity contribution is 0.0936. The lowest BCUT2D eigenvalue weighted by atomic mass is 9.69. The maximum absolute atomic E-state index is 12.7. The maximum Gasteiger partial charge on any atom is 0.251 e. The Morgan fingerprint density at radius 1 is 1.00 bits per heavy atom. The van der Waals surface area contributed by atoms with Crippen LogP contribution in [-0.2, 0) is 12.0 Å². The minimum atomic E-state index is -0.0495. The molecule has 142 valence electrons. The van der Waals surface area contributed by atoms with Crippen LogP contribution in [0.1, 0.15) is 53.6 Å². The third kappa shape index (κ3) is 3.65. The first-order valence-corrected chi connectivity index (χ1v) is 9.68. The van der Waals surface area contributed by atoms with Crippen molar-refractivity contribution in [1.29, 1.82) is 0 Å². The van der Waals surface area contributed by atoms with E-state index in [1.807, 2.05) is 30.3 Å². The molecule has 0 spiro atoms. The zero-order valence-corrected chi connectivity index (χ0v) is 15.5. The van der Waals surface area contributed by atoms with E-state index in [0.717, 1.165) is 29.9 Å². The molecular weight excluding hydrogens is 340 g/mol. The highest BCUT2D eigenvalue weighted by atomic mass is 16.7. The number of carbonyl (C=O) groups is 1. The Hall–Kier alpha value is -2.53. The first kappa shape index (κ1) is 17.9. The molecule has 2 aromatic carbocycles. The fourth-order valence-electron chi connectivity index (χ4n) is 4.17. The lowest BCUT2D eigenvalue weighted by Gasteiger charge is -2.38. The van der Waals surface area contributed by atoms with Gasteiger partial charge in [0.2, 0.25) is 6.79 Å². The molecule has 2 aromatic rings. The molecule has 1 saturated carbocycles. The quantitative estimate of drug-likeness (QED) is 0.849. The molecule has 1 aliphatic heterocycles. The van der Waals surface area contributed by atoms with Crippen LogP contribution in [-0.4, -0.2) is 19.2 Å². The second-order valence-electron chi connectivity index (χ2n) is 7.49. The predicted molar refractivity (Wildman–Crippen MR) is 104 cm³/mol. The summed E-state index contributed by atoms with van der Waals surface area (Å²) >= 11 is 0. The molecule has 1 heterocycles. The van der Waals surface area contributed by atoms with Gasteiger partial charge in [0.25, 0.3) is 5.91 Å². The highest BCUT2D eigenvalue weighted by Crippen LogP contribution is 2.43. The Balaban J connectivity index is 1.52. The number of rotatable bonds is 5. The Morgan fingerprint density at radius 3 is 2.48 bits per heavy atom. The van der Waals surface area contributed by atoms with Crippen LogP contribution >= 0.6 is 0 Å². The molecule has 1 amide bonds. The van der Waals surface area contributed by atoms with Crippen molar-refractivity contribution in [2.24, 2.45) is 5.73 Å². The van der Waals surface area contributed by atoms with Crippen molar-refractivity contribution in [3.05, 3.63) is 59.2 Å². The zero-order chi connectivity index (χ0) is 18.7. The molecule has 1 fully saturated rings. The summed E-state index contributed by atoms with van der Waals surface area (Å²) in [6.45, 7) is 1.39. The van der Waals surface area contributed by atoms with Crippen molar-refractivity contribution in [3.63, 3.8) is 0 Å². The number of benzene rings is 2. The molecule has 27 heavy (non-hydrogen) atoms. The number of hydrogen-bond acceptors (Lipinski definition) is 4. The van der Waals surface area contributed by atoms with E-state index in [1.54, 1.807) is 0 Å². The summed E-state index contributed by atoms with van der Waals surface area (Å²) in [5.74, 6) is 1.57.